The van der Waals surface area contributed by atoms with Crippen molar-refractivity contribution in [3.8, 4) is 5.75 Å². The summed E-state index contributed by atoms with van der Waals surface area (Å²) < 4.78 is 0. The van der Waals surface area contributed by atoms with Gasteiger partial charge in [-0.3, -0.25) is 0 Å². The van der Waals surface area contributed by atoms with E-state index in [0.717, 1.165) is 49.8 Å². The number of thioether (sulfide) groups is 1. The summed E-state index contributed by atoms with van der Waals surface area (Å²) in [4.78, 5) is 1.01. The van der Waals surface area contributed by atoms with Crippen LogP contribution in [-0.2, 0) is 6.42 Å². The Morgan fingerprint density at radius 2 is 1.91 bits per heavy atom. The van der Waals surface area contributed by atoms with Crippen LogP contribution in [0.1, 0.15) is 89.7 Å². The number of allylic oxidation sites excluding steroid dienone is 3. The lowest BCUT2D eigenvalue weighted by Gasteiger charge is -2.53. The van der Waals surface area contributed by atoms with Gasteiger partial charge in [-0.05, 0) is 115 Å². The predicted molar refractivity (Wildman–Crippen MR) is 139 cm³/mol. The Bertz CT molecular complexity index is 986. The summed E-state index contributed by atoms with van der Waals surface area (Å²) in [5.74, 6) is 2.87. The van der Waals surface area contributed by atoms with Gasteiger partial charge in [-0.1, -0.05) is 45.9 Å². The van der Waals surface area contributed by atoms with Gasteiger partial charge < -0.3 is 10.2 Å². The Morgan fingerprint density at radius 3 is 2.58 bits per heavy atom. The average molecular weight is 467 g/mol. The molecule has 0 aromatic heterocycles. The molecule has 1 aromatic rings. The number of fused-ring (bicyclic) bond motifs is 5. The van der Waals surface area contributed by atoms with Crippen LogP contribution in [0.3, 0.4) is 0 Å². The van der Waals surface area contributed by atoms with Crippen LogP contribution in [0, 0.1) is 28.6 Å². The molecule has 2 fully saturated rings. The van der Waals surface area contributed by atoms with E-state index in [1.807, 2.05) is 6.07 Å². The molecule has 2 N–H and O–H groups in total. The lowest BCUT2D eigenvalue weighted by Crippen LogP contribution is -2.51. The average Bonchev–Trinajstić information content (AvgIpc) is 3.03. The van der Waals surface area contributed by atoms with Crippen LogP contribution in [0.2, 0.25) is 0 Å². The van der Waals surface area contributed by atoms with Crippen molar-refractivity contribution < 1.29 is 10.2 Å². The van der Waals surface area contributed by atoms with Crippen LogP contribution >= 0.6 is 11.8 Å². The van der Waals surface area contributed by atoms with E-state index >= 15 is 0 Å². The third-order valence-electron chi connectivity index (χ3n) is 10.1. The normalized spacial score (nSPS) is 37.8. The van der Waals surface area contributed by atoms with Crippen molar-refractivity contribution in [3.63, 3.8) is 0 Å². The van der Waals surface area contributed by atoms with Gasteiger partial charge in [0.05, 0.1) is 5.60 Å². The van der Waals surface area contributed by atoms with Crippen molar-refractivity contribution in [3.05, 3.63) is 47.1 Å². The third-order valence-corrected chi connectivity index (χ3v) is 10.9. The molecule has 0 aliphatic heterocycles. The lowest BCUT2D eigenvalue weighted by molar-refractivity contribution is -0.101. The van der Waals surface area contributed by atoms with Crippen molar-refractivity contribution in [2.45, 2.75) is 95.5 Å². The molecule has 1 aromatic carbocycles. The number of hydrogen-bond donors (Lipinski definition) is 2. The van der Waals surface area contributed by atoms with E-state index in [-0.39, 0.29) is 5.41 Å². The first-order chi connectivity index (χ1) is 15.6. The molecule has 5 rings (SSSR count). The van der Waals surface area contributed by atoms with Crippen LogP contribution in [0.15, 0.2) is 40.8 Å². The van der Waals surface area contributed by atoms with E-state index in [4.69, 9.17) is 0 Å². The maximum Gasteiger partial charge on any atom is 0.129 e. The number of phenolic OH excluding ortho intramolecular Hbond substituents is 1. The highest BCUT2D eigenvalue weighted by molar-refractivity contribution is 7.98. The summed E-state index contributed by atoms with van der Waals surface area (Å²) in [7, 11) is 0. The Kier molecular flexibility index (Phi) is 5.85. The van der Waals surface area contributed by atoms with Crippen molar-refractivity contribution in [2.24, 2.45) is 28.6 Å². The molecule has 33 heavy (non-hydrogen) atoms. The largest absolute Gasteiger partial charge is 0.507 e. The van der Waals surface area contributed by atoms with E-state index in [2.05, 4.69) is 58.2 Å². The molecule has 0 spiro atoms. The molecule has 180 valence electrons. The van der Waals surface area contributed by atoms with Gasteiger partial charge in [-0.25, -0.2) is 0 Å². The van der Waals surface area contributed by atoms with Gasteiger partial charge in [0.25, 0.3) is 0 Å². The van der Waals surface area contributed by atoms with E-state index in [1.165, 1.54) is 23.1 Å². The lowest BCUT2D eigenvalue weighted by atomic mass is 9.52. The molecule has 2 saturated carbocycles. The highest BCUT2D eigenvalue weighted by Crippen LogP contribution is 2.65. The fourth-order valence-corrected chi connectivity index (χ4v) is 8.44. The minimum absolute atomic E-state index is 0.000477. The number of aryl methyl sites for hydroxylation is 1. The maximum absolute atomic E-state index is 12.1. The van der Waals surface area contributed by atoms with Crippen LogP contribution in [0.4, 0.5) is 0 Å². The zero-order valence-electron chi connectivity index (χ0n) is 21.2. The number of phenols is 1. The zero-order valence-corrected chi connectivity index (χ0v) is 22.0. The molecule has 0 saturated heterocycles. The molecular formula is C30H42O2S. The number of rotatable bonds is 3. The summed E-state index contributed by atoms with van der Waals surface area (Å²) in [5.41, 5.74) is 3.89. The minimum atomic E-state index is -0.590. The van der Waals surface area contributed by atoms with Crippen molar-refractivity contribution >= 4 is 11.8 Å². The van der Waals surface area contributed by atoms with Gasteiger partial charge in [-0.2, -0.15) is 0 Å². The van der Waals surface area contributed by atoms with Gasteiger partial charge in [0.2, 0.25) is 0 Å². The van der Waals surface area contributed by atoms with Gasteiger partial charge in [0.15, 0.2) is 0 Å². The molecule has 2 nitrogen and oxygen atoms in total. The van der Waals surface area contributed by atoms with Gasteiger partial charge in [-0.15, -0.1) is 11.8 Å². The monoisotopic (exact) mass is 466 g/mol. The Balaban J connectivity index is 1.37. The van der Waals surface area contributed by atoms with E-state index in [1.54, 1.807) is 11.8 Å². The Hall–Kier alpha value is -1.19. The topological polar surface area (TPSA) is 40.5 Å². The summed E-state index contributed by atoms with van der Waals surface area (Å²) in [6.45, 7) is 9.37. The van der Waals surface area contributed by atoms with Crippen LogP contribution in [-0.4, -0.2) is 22.1 Å². The van der Waals surface area contributed by atoms with Crippen LogP contribution < -0.4 is 0 Å². The maximum atomic E-state index is 12.1. The summed E-state index contributed by atoms with van der Waals surface area (Å²) in [5, 5.41) is 22.5. The highest BCUT2D eigenvalue weighted by atomic mass is 32.2. The van der Waals surface area contributed by atoms with Crippen molar-refractivity contribution in [1.29, 1.82) is 0 Å². The Labute approximate surface area is 204 Å². The first-order valence-corrected chi connectivity index (χ1v) is 14.3. The van der Waals surface area contributed by atoms with E-state index < -0.39 is 5.60 Å². The molecule has 0 heterocycles. The molecule has 0 bridgehead atoms. The first kappa shape index (κ1) is 23.5. The first-order valence-electron chi connectivity index (χ1n) is 13.1. The second-order valence-corrected chi connectivity index (χ2v) is 13.5. The second-order valence-electron chi connectivity index (χ2n) is 12.7. The smallest absolute Gasteiger partial charge is 0.129 e. The standard InChI is InChI=1S/C30H42O2S/c1-28(2,3)21-9-6-19(7-10-21)18-30(32)15-13-25-23-11-8-20-16-26(31)27(33-5)17-24(20)22(23)12-14-29(25,30)4/h6-7,9,16-17,21-23,25,31-32H,8,10-15,18H2,1-5H3/t21?,22?,23?,25?,29-,30?/m0/s1. The third kappa shape index (κ3) is 3.82. The summed E-state index contributed by atoms with van der Waals surface area (Å²) in [6.07, 6.45) is 17.7. The van der Waals surface area contributed by atoms with E-state index in [0.29, 0.717) is 34.8 Å². The summed E-state index contributed by atoms with van der Waals surface area (Å²) in [6, 6.07) is 4.31. The van der Waals surface area contributed by atoms with Gasteiger partial charge in [0, 0.05) is 11.3 Å². The minimum Gasteiger partial charge on any atom is -0.507 e. The molecule has 6 atom stereocenters. The number of aliphatic hydroxyl groups is 1. The SMILES string of the molecule is CSc1cc2c(cc1O)CCC1C2CC[C@@]2(C)C1CCC2(O)CC1=CCC(C(C)(C)C)C=C1. The van der Waals surface area contributed by atoms with Gasteiger partial charge in [0.1, 0.15) is 5.75 Å². The molecule has 3 heteroatoms. The molecular weight excluding hydrogens is 424 g/mol. The fourth-order valence-electron chi connectivity index (χ4n) is 7.93. The molecule has 4 aliphatic rings. The second kappa shape index (κ2) is 8.19. The Morgan fingerprint density at radius 1 is 1.12 bits per heavy atom. The zero-order chi connectivity index (χ0) is 23.6. The molecule has 0 radical (unpaired) electrons. The number of aromatic hydroxyl groups is 1. The highest BCUT2D eigenvalue weighted by Gasteiger charge is 2.61. The molecule has 0 amide bonds. The van der Waals surface area contributed by atoms with Crippen molar-refractivity contribution in [1.82, 2.24) is 0 Å². The molecule has 5 unspecified atom stereocenters. The summed E-state index contributed by atoms with van der Waals surface area (Å²) >= 11 is 1.64. The van der Waals surface area contributed by atoms with Gasteiger partial charge >= 0.3 is 0 Å². The molecule has 4 aliphatic carbocycles. The van der Waals surface area contributed by atoms with Crippen LogP contribution in [0.5, 0.6) is 5.75 Å². The number of hydrogen-bond acceptors (Lipinski definition) is 3. The quantitative estimate of drug-likeness (QED) is 0.450. The fraction of sp³-hybridized carbons (Fsp3) is 0.667. The van der Waals surface area contributed by atoms with E-state index in [9.17, 15) is 10.2 Å². The predicted octanol–water partition coefficient (Wildman–Crippen LogP) is 7.64. The van der Waals surface area contributed by atoms with Crippen molar-refractivity contribution in [2.75, 3.05) is 6.26 Å². The van der Waals surface area contributed by atoms with Crippen LogP contribution in [0.25, 0.3) is 0 Å². The number of benzene rings is 1.